The molecule has 0 saturated carbocycles. The van der Waals surface area contributed by atoms with Crippen LogP contribution in [-0.4, -0.2) is 10.7 Å². The van der Waals surface area contributed by atoms with Crippen LogP contribution in [0, 0.1) is 11.3 Å². The standard InChI is InChI=1S/C22H16ClF3N2OS/c1-2-30-21-18(12-27)19(22(24,25)26)11-20(28-21)15-5-9-17(10-6-15)29-13-14-3-7-16(23)8-4-14/h3-11H,2,13H2,1H3. The van der Waals surface area contributed by atoms with Gasteiger partial charge in [-0.1, -0.05) is 30.7 Å². The van der Waals surface area contributed by atoms with E-state index < -0.39 is 17.3 Å². The molecule has 0 aliphatic rings. The van der Waals surface area contributed by atoms with E-state index in [1.807, 2.05) is 12.1 Å². The summed E-state index contributed by atoms with van der Waals surface area (Å²) >= 11 is 6.96. The summed E-state index contributed by atoms with van der Waals surface area (Å²) in [4.78, 5) is 4.30. The summed E-state index contributed by atoms with van der Waals surface area (Å²) in [6.07, 6.45) is -4.65. The van der Waals surface area contributed by atoms with E-state index in [1.54, 1.807) is 49.4 Å². The molecule has 1 aromatic heterocycles. The Morgan fingerprint density at radius 3 is 2.33 bits per heavy atom. The third-order valence-electron chi connectivity index (χ3n) is 4.15. The fraction of sp³-hybridized carbons (Fsp3) is 0.182. The number of alkyl halides is 3. The van der Waals surface area contributed by atoms with E-state index >= 15 is 0 Å². The lowest BCUT2D eigenvalue weighted by molar-refractivity contribution is -0.138. The van der Waals surface area contributed by atoms with Crippen molar-refractivity contribution in [3.8, 4) is 23.1 Å². The topological polar surface area (TPSA) is 45.9 Å². The van der Waals surface area contributed by atoms with Crippen molar-refractivity contribution in [2.45, 2.75) is 24.7 Å². The maximum absolute atomic E-state index is 13.5. The Morgan fingerprint density at radius 1 is 1.10 bits per heavy atom. The van der Waals surface area contributed by atoms with Crippen LogP contribution in [0.1, 0.15) is 23.6 Å². The minimum Gasteiger partial charge on any atom is -0.489 e. The normalized spacial score (nSPS) is 11.2. The quantitative estimate of drug-likeness (QED) is 0.381. The summed E-state index contributed by atoms with van der Waals surface area (Å²) in [5.41, 5.74) is 0.173. The lowest BCUT2D eigenvalue weighted by atomic mass is 10.1. The Labute approximate surface area is 181 Å². The van der Waals surface area contributed by atoms with Gasteiger partial charge in [-0.2, -0.15) is 18.4 Å². The third kappa shape index (κ3) is 5.26. The monoisotopic (exact) mass is 448 g/mol. The van der Waals surface area contributed by atoms with Gasteiger partial charge < -0.3 is 4.74 Å². The average molecular weight is 449 g/mol. The van der Waals surface area contributed by atoms with Gasteiger partial charge in [0.05, 0.1) is 16.8 Å². The van der Waals surface area contributed by atoms with Gasteiger partial charge in [0.25, 0.3) is 0 Å². The first-order valence-electron chi connectivity index (χ1n) is 8.94. The smallest absolute Gasteiger partial charge is 0.417 e. The van der Waals surface area contributed by atoms with Crippen molar-refractivity contribution >= 4 is 23.4 Å². The number of hydrogen-bond donors (Lipinski definition) is 0. The van der Waals surface area contributed by atoms with Crippen LogP contribution >= 0.6 is 23.4 Å². The first-order chi connectivity index (χ1) is 14.3. The average Bonchev–Trinajstić information content (AvgIpc) is 2.73. The number of benzene rings is 2. The Hall–Kier alpha value is -2.69. The van der Waals surface area contributed by atoms with Crippen LogP contribution in [0.4, 0.5) is 13.2 Å². The van der Waals surface area contributed by atoms with Gasteiger partial charge in [0.15, 0.2) is 0 Å². The van der Waals surface area contributed by atoms with Crippen molar-refractivity contribution in [2.24, 2.45) is 0 Å². The third-order valence-corrected chi connectivity index (χ3v) is 5.26. The van der Waals surface area contributed by atoms with Gasteiger partial charge in [-0.25, -0.2) is 4.98 Å². The molecular formula is C22H16ClF3N2OS. The van der Waals surface area contributed by atoms with E-state index in [2.05, 4.69) is 4.98 Å². The van der Waals surface area contributed by atoms with Crippen molar-refractivity contribution in [2.75, 3.05) is 5.75 Å². The number of rotatable bonds is 6. The van der Waals surface area contributed by atoms with Gasteiger partial charge >= 0.3 is 6.18 Å². The molecule has 0 spiro atoms. The maximum atomic E-state index is 13.5. The fourth-order valence-electron chi connectivity index (χ4n) is 2.71. The van der Waals surface area contributed by atoms with Crippen molar-refractivity contribution in [1.82, 2.24) is 4.98 Å². The zero-order valence-electron chi connectivity index (χ0n) is 15.8. The van der Waals surface area contributed by atoms with E-state index in [4.69, 9.17) is 16.3 Å². The first-order valence-corrected chi connectivity index (χ1v) is 10.3. The fourth-order valence-corrected chi connectivity index (χ4v) is 3.57. The van der Waals surface area contributed by atoms with Crippen LogP contribution in [0.3, 0.4) is 0 Å². The number of ether oxygens (including phenoxy) is 1. The van der Waals surface area contributed by atoms with E-state index in [9.17, 15) is 18.4 Å². The van der Waals surface area contributed by atoms with Crippen LogP contribution in [0.2, 0.25) is 5.02 Å². The molecular weight excluding hydrogens is 433 g/mol. The first kappa shape index (κ1) is 22.0. The zero-order chi connectivity index (χ0) is 21.7. The minimum absolute atomic E-state index is 0.0767. The number of halogens is 4. The lowest BCUT2D eigenvalue weighted by Gasteiger charge is -2.14. The summed E-state index contributed by atoms with van der Waals surface area (Å²) in [6.45, 7) is 2.13. The molecule has 1 heterocycles. The molecule has 8 heteroatoms. The number of nitrogens with zero attached hydrogens (tertiary/aromatic N) is 2. The number of aromatic nitrogens is 1. The molecule has 0 aliphatic heterocycles. The Morgan fingerprint density at radius 2 is 1.77 bits per heavy atom. The van der Waals surface area contributed by atoms with Crippen LogP contribution in [0.25, 0.3) is 11.3 Å². The second-order valence-corrected chi connectivity index (χ2v) is 7.91. The molecule has 3 aromatic rings. The summed E-state index contributed by atoms with van der Waals surface area (Å²) < 4.78 is 46.2. The molecule has 30 heavy (non-hydrogen) atoms. The minimum atomic E-state index is -4.65. The molecule has 0 atom stereocenters. The van der Waals surface area contributed by atoms with Gasteiger partial charge in [0.2, 0.25) is 0 Å². The molecule has 3 nitrogen and oxygen atoms in total. The second-order valence-electron chi connectivity index (χ2n) is 6.22. The van der Waals surface area contributed by atoms with Crippen LogP contribution in [0.15, 0.2) is 59.6 Å². The van der Waals surface area contributed by atoms with Gasteiger partial charge in [-0.3, -0.25) is 0 Å². The van der Waals surface area contributed by atoms with Crippen molar-refractivity contribution in [3.63, 3.8) is 0 Å². The number of thioether (sulfide) groups is 1. The highest BCUT2D eigenvalue weighted by Crippen LogP contribution is 2.38. The van der Waals surface area contributed by atoms with Gasteiger partial charge in [-0.15, -0.1) is 11.8 Å². The molecule has 0 amide bonds. The molecule has 154 valence electrons. The van der Waals surface area contributed by atoms with Crippen LogP contribution in [0.5, 0.6) is 5.75 Å². The van der Waals surface area contributed by atoms with Crippen molar-refractivity contribution < 1.29 is 17.9 Å². The second kappa shape index (κ2) is 9.41. The van der Waals surface area contributed by atoms with E-state index in [0.29, 0.717) is 28.7 Å². The Kier molecular flexibility index (Phi) is 6.91. The highest BCUT2D eigenvalue weighted by Gasteiger charge is 2.36. The Bertz CT molecular complexity index is 1060. The Balaban J connectivity index is 1.87. The lowest BCUT2D eigenvalue weighted by Crippen LogP contribution is -2.10. The van der Waals surface area contributed by atoms with Crippen molar-refractivity contribution in [3.05, 3.63) is 76.3 Å². The molecule has 0 fully saturated rings. The summed E-state index contributed by atoms with van der Waals surface area (Å²) in [5.74, 6) is 1.07. The number of pyridine rings is 1. The maximum Gasteiger partial charge on any atom is 0.417 e. The van der Waals surface area contributed by atoms with Gasteiger partial charge in [-0.05, 0) is 53.8 Å². The molecule has 0 N–H and O–H groups in total. The van der Waals surface area contributed by atoms with Crippen molar-refractivity contribution in [1.29, 1.82) is 5.26 Å². The number of nitriles is 1. The summed E-state index contributed by atoms with van der Waals surface area (Å²) in [6, 6.07) is 16.4. The van der Waals surface area contributed by atoms with E-state index in [1.165, 1.54) is 0 Å². The molecule has 0 radical (unpaired) electrons. The summed E-state index contributed by atoms with van der Waals surface area (Å²) in [5, 5.41) is 9.94. The largest absolute Gasteiger partial charge is 0.489 e. The zero-order valence-corrected chi connectivity index (χ0v) is 17.4. The summed E-state index contributed by atoms with van der Waals surface area (Å²) in [7, 11) is 0. The highest BCUT2D eigenvalue weighted by atomic mass is 35.5. The van der Waals surface area contributed by atoms with E-state index in [-0.39, 0.29) is 10.7 Å². The molecule has 0 bridgehead atoms. The molecule has 0 unspecified atom stereocenters. The van der Waals surface area contributed by atoms with Gasteiger partial charge in [0.1, 0.15) is 23.5 Å². The van der Waals surface area contributed by atoms with Gasteiger partial charge in [0, 0.05) is 10.6 Å². The predicted molar refractivity (Wildman–Crippen MR) is 112 cm³/mol. The molecule has 0 saturated heterocycles. The molecule has 2 aromatic carbocycles. The molecule has 0 aliphatic carbocycles. The van der Waals surface area contributed by atoms with Crippen LogP contribution in [-0.2, 0) is 12.8 Å². The highest BCUT2D eigenvalue weighted by molar-refractivity contribution is 7.99. The number of hydrogen-bond acceptors (Lipinski definition) is 4. The predicted octanol–water partition coefficient (Wildman–Crippen LogP) is 6.98. The van der Waals surface area contributed by atoms with Crippen LogP contribution < -0.4 is 4.74 Å². The molecule has 3 rings (SSSR count). The van der Waals surface area contributed by atoms with E-state index in [0.717, 1.165) is 23.4 Å². The SMILES string of the molecule is CCSc1nc(-c2ccc(OCc3ccc(Cl)cc3)cc2)cc(C(F)(F)F)c1C#N.